The number of rotatable bonds is 4. The maximum absolute atomic E-state index is 9.38. The number of ether oxygens (including phenoxy) is 1. The summed E-state index contributed by atoms with van der Waals surface area (Å²) in [7, 11) is 1.53. The SMILES string of the molecule is COc1ncc(-c2cc(NC3CCNCC3)c3c(c2)=CCNC=3)cc1C#N. The van der Waals surface area contributed by atoms with Crippen LogP contribution in [0, 0.1) is 11.3 Å². The predicted molar refractivity (Wildman–Crippen MR) is 107 cm³/mol. The van der Waals surface area contributed by atoms with Crippen LogP contribution in [0.1, 0.15) is 18.4 Å². The van der Waals surface area contributed by atoms with Crippen molar-refractivity contribution in [1.82, 2.24) is 15.6 Å². The van der Waals surface area contributed by atoms with Crippen molar-refractivity contribution >= 4 is 18.0 Å². The summed E-state index contributed by atoms with van der Waals surface area (Å²) in [6.07, 6.45) is 8.25. The largest absolute Gasteiger partial charge is 0.480 e. The highest BCUT2D eigenvalue weighted by Crippen LogP contribution is 2.24. The molecule has 0 radical (unpaired) electrons. The number of piperidine rings is 1. The van der Waals surface area contributed by atoms with Gasteiger partial charge in [-0.2, -0.15) is 5.26 Å². The van der Waals surface area contributed by atoms with Crippen LogP contribution < -0.4 is 31.1 Å². The number of nitrogens with zero attached hydrogens (tertiary/aromatic N) is 2. The van der Waals surface area contributed by atoms with E-state index in [-0.39, 0.29) is 0 Å². The fourth-order valence-corrected chi connectivity index (χ4v) is 3.66. The van der Waals surface area contributed by atoms with Crippen molar-refractivity contribution in [2.24, 2.45) is 0 Å². The van der Waals surface area contributed by atoms with E-state index in [1.807, 2.05) is 6.07 Å². The van der Waals surface area contributed by atoms with Crippen LogP contribution in [0.2, 0.25) is 0 Å². The van der Waals surface area contributed by atoms with Gasteiger partial charge in [0.25, 0.3) is 0 Å². The Bertz CT molecular complexity index is 1000. The molecule has 0 aliphatic carbocycles. The van der Waals surface area contributed by atoms with Crippen molar-refractivity contribution in [3.8, 4) is 23.1 Å². The molecule has 2 aliphatic rings. The Labute approximate surface area is 158 Å². The molecule has 1 aromatic carbocycles. The Hall–Kier alpha value is -3.04. The van der Waals surface area contributed by atoms with Gasteiger partial charge in [0.05, 0.1) is 7.11 Å². The van der Waals surface area contributed by atoms with Crippen LogP contribution in [0.4, 0.5) is 5.69 Å². The third-order valence-electron chi connectivity index (χ3n) is 5.10. The molecule has 0 unspecified atom stereocenters. The van der Waals surface area contributed by atoms with E-state index < -0.39 is 0 Å². The summed E-state index contributed by atoms with van der Waals surface area (Å²) in [6.45, 7) is 2.90. The number of nitrogens with one attached hydrogen (secondary N) is 3. The molecule has 0 amide bonds. The average molecular weight is 361 g/mol. The second kappa shape index (κ2) is 7.68. The van der Waals surface area contributed by atoms with Crippen molar-refractivity contribution in [2.45, 2.75) is 18.9 Å². The van der Waals surface area contributed by atoms with E-state index in [0.29, 0.717) is 17.5 Å². The summed E-state index contributed by atoms with van der Waals surface area (Å²) in [4.78, 5) is 4.30. The van der Waals surface area contributed by atoms with Crippen molar-refractivity contribution in [2.75, 3.05) is 32.1 Å². The summed E-state index contributed by atoms with van der Waals surface area (Å²) in [5, 5.41) is 22.2. The minimum Gasteiger partial charge on any atom is -0.480 e. The molecule has 2 aliphatic heterocycles. The van der Waals surface area contributed by atoms with E-state index in [4.69, 9.17) is 4.74 Å². The predicted octanol–water partition coefficient (Wildman–Crippen LogP) is 0.914. The van der Waals surface area contributed by atoms with Crippen molar-refractivity contribution in [1.29, 1.82) is 5.26 Å². The van der Waals surface area contributed by atoms with Gasteiger partial charge in [0.2, 0.25) is 5.88 Å². The molecular formula is C21H23N5O. The highest BCUT2D eigenvalue weighted by Gasteiger charge is 2.15. The Morgan fingerprint density at radius 2 is 2.07 bits per heavy atom. The molecule has 0 atom stereocenters. The van der Waals surface area contributed by atoms with Gasteiger partial charge in [-0.25, -0.2) is 4.98 Å². The van der Waals surface area contributed by atoms with E-state index in [9.17, 15) is 5.26 Å². The number of fused-ring (bicyclic) bond motifs is 1. The minimum absolute atomic E-state index is 0.358. The molecule has 6 nitrogen and oxygen atoms in total. The van der Waals surface area contributed by atoms with Gasteiger partial charge in [0.15, 0.2) is 0 Å². The van der Waals surface area contributed by atoms with Gasteiger partial charge in [-0.3, -0.25) is 0 Å². The fraction of sp³-hybridized carbons (Fsp3) is 0.333. The van der Waals surface area contributed by atoms with Gasteiger partial charge in [0.1, 0.15) is 11.6 Å². The number of methoxy groups -OCH3 is 1. The normalized spacial score (nSPS) is 16.1. The molecule has 27 heavy (non-hydrogen) atoms. The number of aromatic nitrogens is 1. The summed E-state index contributed by atoms with van der Waals surface area (Å²) in [6, 6.07) is 8.78. The third-order valence-corrected chi connectivity index (χ3v) is 5.10. The lowest BCUT2D eigenvalue weighted by Crippen LogP contribution is -2.40. The van der Waals surface area contributed by atoms with Crippen LogP contribution in [-0.4, -0.2) is 37.8 Å². The zero-order valence-electron chi connectivity index (χ0n) is 15.4. The third kappa shape index (κ3) is 3.60. The van der Waals surface area contributed by atoms with Crippen molar-refractivity contribution < 1.29 is 4.74 Å². The Balaban J connectivity index is 1.78. The molecule has 1 saturated heterocycles. The van der Waals surface area contributed by atoms with Crippen LogP contribution in [0.5, 0.6) is 5.88 Å². The van der Waals surface area contributed by atoms with Crippen LogP contribution in [0.25, 0.3) is 23.4 Å². The molecule has 1 fully saturated rings. The van der Waals surface area contributed by atoms with Crippen LogP contribution in [0.3, 0.4) is 0 Å². The Morgan fingerprint density at radius 3 is 2.85 bits per heavy atom. The molecule has 0 bridgehead atoms. The highest BCUT2D eigenvalue weighted by molar-refractivity contribution is 5.71. The zero-order valence-corrected chi connectivity index (χ0v) is 15.4. The molecule has 1 aromatic heterocycles. The molecule has 138 valence electrons. The Morgan fingerprint density at radius 1 is 1.22 bits per heavy atom. The van der Waals surface area contributed by atoms with E-state index in [2.05, 4.69) is 51.4 Å². The quantitative estimate of drug-likeness (QED) is 0.751. The summed E-state index contributed by atoms with van der Waals surface area (Å²) in [5.41, 5.74) is 3.52. The fourth-order valence-electron chi connectivity index (χ4n) is 3.66. The maximum Gasteiger partial charge on any atom is 0.231 e. The summed E-state index contributed by atoms with van der Waals surface area (Å²) >= 11 is 0. The van der Waals surface area contributed by atoms with Gasteiger partial charge in [-0.15, -0.1) is 0 Å². The van der Waals surface area contributed by atoms with Gasteiger partial charge in [-0.05, 0) is 54.9 Å². The molecule has 3 N–H and O–H groups in total. The second-order valence-corrected chi connectivity index (χ2v) is 6.84. The van der Waals surface area contributed by atoms with E-state index in [1.54, 1.807) is 6.20 Å². The number of hydrogen-bond acceptors (Lipinski definition) is 6. The first-order valence-electron chi connectivity index (χ1n) is 9.28. The first-order valence-corrected chi connectivity index (χ1v) is 9.28. The first-order chi connectivity index (χ1) is 13.3. The van der Waals surface area contributed by atoms with Gasteiger partial charge >= 0.3 is 0 Å². The van der Waals surface area contributed by atoms with E-state index >= 15 is 0 Å². The summed E-state index contributed by atoms with van der Waals surface area (Å²) < 4.78 is 5.17. The lowest BCUT2D eigenvalue weighted by Gasteiger charge is -2.25. The van der Waals surface area contributed by atoms with Crippen LogP contribution in [-0.2, 0) is 0 Å². The minimum atomic E-state index is 0.358. The summed E-state index contributed by atoms with van der Waals surface area (Å²) in [5.74, 6) is 0.358. The topological polar surface area (TPSA) is 82.0 Å². The van der Waals surface area contributed by atoms with E-state index in [1.165, 1.54) is 17.5 Å². The first kappa shape index (κ1) is 17.4. The second-order valence-electron chi connectivity index (χ2n) is 6.84. The van der Waals surface area contributed by atoms with Gasteiger partial charge in [0, 0.05) is 41.5 Å². The molecule has 2 aromatic rings. The molecule has 0 spiro atoms. The monoisotopic (exact) mass is 361 g/mol. The number of hydrogen-bond donors (Lipinski definition) is 3. The lowest BCUT2D eigenvalue weighted by molar-refractivity contribution is 0.396. The maximum atomic E-state index is 9.38. The van der Waals surface area contributed by atoms with E-state index in [0.717, 1.165) is 49.3 Å². The van der Waals surface area contributed by atoms with Crippen LogP contribution in [0.15, 0.2) is 24.4 Å². The lowest BCUT2D eigenvalue weighted by atomic mass is 10.0. The van der Waals surface area contributed by atoms with Crippen molar-refractivity contribution in [3.63, 3.8) is 0 Å². The van der Waals surface area contributed by atoms with Crippen molar-refractivity contribution in [3.05, 3.63) is 40.4 Å². The highest BCUT2D eigenvalue weighted by atomic mass is 16.5. The number of benzene rings is 1. The number of pyridine rings is 1. The van der Waals surface area contributed by atoms with Crippen LogP contribution >= 0.6 is 0 Å². The van der Waals surface area contributed by atoms with Gasteiger partial charge in [-0.1, -0.05) is 6.08 Å². The Kier molecular flexibility index (Phi) is 4.95. The standard InChI is InChI=1S/C21H23N5O/c1-27-21-16(11-22)9-17(12-25-21)15-8-14-2-5-24-13-19(14)20(10-15)26-18-3-6-23-7-4-18/h2,8-10,12-13,18,23-24,26H,3-7H2,1H3. The average Bonchev–Trinajstić information content (AvgIpc) is 2.74. The number of nitriles is 1. The molecule has 0 saturated carbocycles. The molecule has 4 rings (SSSR count). The smallest absolute Gasteiger partial charge is 0.231 e. The van der Waals surface area contributed by atoms with Gasteiger partial charge < -0.3 is 20.7 Å². The molecule has 3 heterocycles. The molecule has 6 heteroatoms. The number of anilines is 1. The zero-order chi connectivity index (χ0) is 18.6. The molecular weight excluding hydrogens is 338 g/mol.